The molecule has 6 nitrogen and oxygen atoms in total. The van der Waals surface area contributed by atoms with Crippen molar-refractivity contribution in [2.24, 2.45) is 10.9 Å². The Kier molecular flexibility index (Phi) is 8.25. The summed E-state index contributed by atoms with van der Waals surface area (Å²) < 4.78 is 5.17. The van der Waals surface area contributed by atoms with Crippen LogP contribution in [0.1, 0.15) is 38.7 Å². The third-order valence-electron chi connectivity index (χ3n) is 4.56. The molecule has 0 bridgehead atoms. The van der Waals surface area contributed by atoms with Gasteiger partial charge in [0.25, 0.3) is 0 Å². The number of carbonyl (C=O) groups excluding carboxylic acids is 1. The van der Waals surface area contributed by atoms with E-state index in [1.807, 2.05) is 36.1 Å². The number of rotatable bonds is 7. The van der Waals surface area contributed by atoms with Gasteiger partial charge in [-0.25, -0.2) is 4.99 Å². The van der Waals surface area contributed by atoms with Crippen molar-refractivity contribution in [3.05, 3.63) is 29.8 Å². The van der Waals surface area contributed by atoms with Gasteiger partial charge in [0.05, 0.1) is 13.7 Å². The second-order valence-electron chi connectivity index (χ2n) is 6.81. The second kappa shape index (κ2) is 10.7. The summed E-state index contributed by atoms with van der Waals surface area (Å²) in [7, 11) is 1.66. The van der Waals surface area contributed by atoms with Crippen LogP contribution in [-0.2, 0) is 11.3 Å². The third kappa shape index (κ3) is 6.58. The average molecular weight is 361 g/mol. The van der Waals surface area contributed by atoms with Gasteiger partial charge in [0.1, 0.15) is 5.75 Å². The molecule has 6 heteroatoms. The fraction of sp³-hybridized carbons (Fsp3) is 0.600. The van der Waals surface area contributed by atoms with Crippen LogP contribution in [0.5, 0.6) is 5.75 Å². The largest absolute Gasteiger partial charge is 0.497 e. The van der Waals surface area contributed by atoms with Gasteiger partial charge in [0, 0.05) is 32.6 Å². The summed E-state index contributed by atoms with van der Waals surface area (Å²) in [6, 6.07) is 7.88. The van der Waals surface area contributed by atoms with Gasteiger partial charge in [-0.05, 0) is 43.4 Å². The zero-order chi connectivity index (χ0) is 18.8. The Labute approximate surface area is 157 Å². The van der Waals surface area contributed by atoms with E-state index >= 15 is 0 Å². The van der Waals surface area contributed by atoms with Crippen molar-refractivity contribution in [1.82, 2.24) is 15.5 Å². The van der Waals surface area contributed by atoms with Crippen LogP contribution in [0.15, 0.2) is 29.3 Å². The Bertz CT molecular complexity index is 586. The minimum absolute atomic E-state index is 0.232. The van der Waals surface area contributed by atoms with Crippen molar-refractivity contribution < 1.29 is 9.53 Å². The van der Waals surface area contributed by atoms with Crippen LogP contribution < -0.4 is 15.4 Å². The predicted octanol–water partition coefficient (Wildman–Crippen LogP) is 2.40. The number of carbonyl (C=O) groups is 1. The van der Waals surface area contributed by atoms with Gasteiger partial charge in [0.15, 0.2) is 5.96 Å². The average Bonchev–Trinajstić information content (AvgIpc) is 2.66. The summed E-state index contributed by atoms with van der Waals surface area (Å²) in [5.41, 5.74) is 1.11. The second-order valence-corrected chi connectivity index (χ2v) is 6.81. The number of hydrogen-bond donors (Lipinski definition) is 2. The SMILES string of the molecule is CCNC(=NCc1ccc(OC)cc1)NCCC(=O)N1CCCC(C)C1. The lowest BCUT2D eigenvalue weighted by Gasteiger charge is -2.31. The van der Waals surface area contributed by atoms with Gasteiger partial charge in [-0.3, -0.25) is 4.79 Å². The molecule has 0 spiro atoms. The number of amides is 1. The van der Waals surface area contributed by atoms with E-state index in [4.69, 9.17) is 4.74 Å². The van der Waals surface area contributed by atoms with Gasteiger partial charge in [-0.1, -0.05) is 19.1 Å². The molecular weight excluding hydrogens is 328 g/mol. The molecular formula is C20H32N4O2. The summed E-state index contributed by atoms with van der Waals surface area (Å²) in [5, 5.41) is 6.49. The Morgan fingerprint density at radius 2 is 2.08 bits per heavy atom. The van der Waals surface area contributed by atoms with E-state index in [0.717, 1.165) is 43.3 Å². The first-order valence-electron chi connectivity index (χ1n) is 9.55. The molecule has 1 saturated heterocycles. The van der Waals surface area contributed by atoms with Crippen molar-refractivity contribution in [2.45, 2.75) is 39.7 Å². The highest BCUT2D eigenvalue weighted by atomic mass is 16.5. The quantitative estimate of drug-likeness (QED) is 0.579. The van der Waals surface area contributed by atoms with Crippen molar-refractivity contribution in [2.75, 3.05) is 33.3 Å². The van der Waals surface area contributed by atoms with Gasteiger partial charge in [-0.2, -0.15) is 0 Å². The number of piperidine rings is 1. The molecule has 0 saturated carbocycles. The molecule has 1 heterocycles. The van der Waals surface area contributed by atoms with E-state index in [-0.39, 0.29) is 5.91 Å². The third-order valence-corrected chi connectivity index (χ3v) is 4.56. The molecule has 0 radical (unpaired) electrons. The summed E-state index contributed by atoms with van der Waals surface area (Å²) >= 11 is 0. The van der Waals surface area contributed by atoms with Crippen LogP contribution in [0.3, 0.4) is 0 Å². The number of guanidine groups is 1. The maximum Gasteiger partial charge on any atom is 0.224 e. The van der Waals surface area contributed by atoms with E-state index in [2.05, 4.69) is 22.5 Å². The summed E-state index contributed by atoms with van der Waals surface area (Å²) in [6.45, 7) is 8.00. The van der Waals surface area contributed by atoms with Gasteiger partial charge < -0.3 is 20.3 Å². The van der Waals surface area contributed by atoms with Crippen LogP contribution >= 0.6 is 0 Å². The number of hydrogen-bond acceptors (Lipinski definition) is 3. The smallest absolute Gasteiger partial charge is 0.224 e. The number of ether oxygens (including phenoxy) is 1. The molecule has 1 aromatic rings. The maximum atomic E-state index is 12.3. The van der Waals surface area contributed by atoms with Crippen LogP contribution in [-0.4, -0.2) is 50.1 Å². The van der Waals surface area contributed by atoms with Crippen molar-refractivity contribution >= 4 is 11.9 Å². The molecule has 1 amide bonds. The van der Waals surface area contributed by atoms with Gasteiger partial charge >= 0.3 is 0 Å². The van der Waals surface area contributed by atoms with E-state index in [1.54, 1.807) is 7.11 Å². The summed E-state index contributed by atoms with van der Waals surface area (Å²) in [6.07, 6.45) is 2.84. The Morgan fingerprint density at radius 3 is 2.73 bits per heavy atom. The standard InChI is InChI=1S/C20H32N4O2/c1-4-21-20(23-14-17-7-9-18(26-3)10-8-17)22-12-11-19(25)24-13-5-6-16(2)15-24/h7-10,16H,4-6,11-15H2,1-3H3,(H2,21,22,23). The minimum atomic E-state index is 0.232. The fourth-order valence-electron chi connectivity index (χ4n) is 3.10. The lowest BCUT2D eigenvalue weighted by molar-refractivity contribution is -0.132. The lowest BCUT2D eigenvalue weighted by Crippen LogP contribution is -2.42. The number of nitrogens with one attached hydrogen (secondary N) is 2. The van der Waals surface area contributed by atoms with Crippen molar-refractivity contribution in [3.8, 4) is 5.75 Å². The molecule has 26 heavy (non-hydrogen) atoms. The number of likely N-dealkylation sites (tertiary alicyclic amines) is 1. The first kappa shape index (κ1) is 20.1. The first-order valence-corrected chi connectivity index (χ1v) is 9.55. The highest BCUT2D eigenvalue weighted by Crippen LogP contribution is 2.16. The molecule has 2 N–H and O–H groups in total. The molecule has 1 atom stereocenters. The van der Waals surface area contributed by atoms with E-state index in [9.17, 15) is 4.79 Å². The minimum Gasteiger partial charge on any atom is -0.497 e. The zero-order valence-corrected chi connectivity index (χ0v) is 16.3. The lowest BCUT2D eigenvalue weighted by atomic mass is 10.00. The molecule has 0 aromatic heterocycles. The number of nitrogens with zero attached hydrogens (tertiary/aromatic N) is 2. The summed E-state index contributed by atoms with van der Waals surface area (Å²) in [4.78, 5) is 18.9. The number of aliphatic imine (C=N–C) groups is 1. The molecule has 144 valence electrons. The van der Waals surface area contributed by atoms with Gasteiger partial charge in [-0.15, -0.1) is 0 Å². The Balaban J connectivity index is 1.79. The summed E-state index contributed by atoms with van der Waals surface area (Å²) in [5.74, 6) is 2.43. The number of benzene rings is 1. The highest BCUT2D eigenvalue weighted by molar-refractivity contribution is 5.81. The highest BCUT2D eigenvalue weighted by Gasteiger charge is 2.20. The normalized spacial score (nSPS) is 17.7. The van der Waals surface area contributed by atoms with E-state index < -0.39 is 0 Å². The van der Waals surface area contributed by atoms with E-state index in [1.165, 1.54) is 6.42 Å². The van der Waals surface area contributed by atoms with Crippen molar-refractivity contribution in [1.29, 1.82) is 0 Å². The maximum absolute atomic E-state index is 12.3. The van der Waals surface area contributed by atoms with Crippen LogP contribution in [0, 0.1) is 5.92 Å². The molecule has 1 aliphatic heterocycles. The Hall–Kier alpha value is -2.24. The monoisotopic (exact) mass is 360 g/mol. The fourth-order valence-corrected chi connectivity index (χ4v) is 3.10. The first-order chi connectivity index (χ1) is 12.6. The van der Waals surface area contributed by atoms with Crippen LogP contribution in [0.2, 0.25) is 0 Å². The zero-order valence-electron chi connectivity index (χ0n) is 16.3. The molecule has 1 aliphatic rings. The van der Waals surface area contributed by atoms with Crippen LogP contribution in [0.4, 0.5) is 0 Å². The van der Waals surface area contributed by atoms with Gasteiger partial charge in [0.2, 0.25) is 5.91 Å². The molecule has 1 fully saturated rings. The predicted molar refractivity (Wildman–Crippen MR) is 105 cm³/mol. The molecule has 0 aliphatic carbocycles. The van der Waals surface area contributed by atoms with Crippen molar-refractivity contribution in [3.63, 3.8) is 0 Å². The van der Waals surface area contributed by atoms with E-state index in [0.29, 0.717) is 25.4 Å². The topological polar surface area (TPSA) is 66.0 Å². The Morgan fingerprint density at radius 1 is 1.31 bits per heavy atom. The number of methoxy groups -OCH3 is 1. The molecule has 1 unspecified atom stereocenters. The van der Waals surface area contributed by atoms with Crippen LogP contribution in [0.25, 0.3) is 0 Å². The molecule has 1 aromatic carbocycles. The molecule has 2 rings (SSSR count).